The molecular weight excluding hydrogens is 394 g/mol. The van der Waals surface area contributed by atoms with E-state index in [2.05, 4.69) is 26.0 Å². The Kier molecular flexibility index (Phi) is 9.83. The molecule has 2 atom stereocenters. The molecule has 1 aromatic rings. The summed E-state index contributed by atoms with van der Waals surface area (Å²) in [4.78, 5) is 12.7. The van der Waals surface area contributed by atoms with Gasteiger partial charge in [-0.3, -0.25) is 13.9 Å². The standard InChI is InChI=1S/C21H36O5P2/c1-16(2)14-18-8-10-19(11-9-18)17(3)21(22)13-12-20(26-28(6,7)24)15-25-27(4,5)23/h8-11,16-17,20H,12-15H2,1-7H3. The molecule has 0 radical (unpaired) electrons. The largest absolute Gasteiger partial charge is 0.326 e. The molecule has 0 aromatic heterocycles. The van der Waals surface area contributed by atoms with Crippen LogP contribution in [0.25, 0.3) is 0 Å². The van der Waals surface area contributed by atoms with E-state index in [0.717, 1.165) is 12.0 Å². The Morgan fingerprint density at radius 2 is 1.54 bits per heavy atom. The lowest BCUT2D eigenvalue weighted by atomic mass is 9.92. The molecule has 0 fully saturated rings. The fourth-order valence-corrected chi connectivity index (χ4v) is 4.32. The molecule has 7 heteroatoms. The molecule has 2 unspecified atom stereocenters. The monoisotopic (exact) mass is 430 g/mol. The van der Waals surface area contributed by atoms with Crippen molar-refractivity contribution in [3.8, 4) is 0 Å². The highest BCUT2D eigenvalue weighted by atomic mass is 31.2. The smallest absolute Gasteiger partial charge is 0.197 e. The highest BCUT2D eigenvalue weighted by molar-refractivity contribution is 7.57. The first-order chi connectivity index (χ1) is 12.8. The lowest BCUT2D eigenvalue weighted by Gasteiger charge is -2.22. The maximum atomic E-state index is 12.7. The van der Waals surface area contributed by atoms with E-state index in [1.807, 2.05) is 19.1 Å². The summed E-state index contributed by atoms with van der Waals surface area (Å²) in [6.45, 7) is 12.5. The van der Waals surface area contributed by atoms with Gasteiger partial charge in [0.05, 0.1) is 12.7 Å². The van der Waals surface area contributed by atoms with Gasteiger partial charge in [-0.2, -0.15) is 0 Å². The lowest BCUT2D eigenvalue weighted by Crippen LogP contribution is -2.20. The van der Waals surface area contributed by atoms with Crippen LogP contribution in [0.15, 0.2) is 24.3 Å². The Hall–Kier alpha value is -0.730. The van der Waals surface area contributed by atoms with Gasteiger partial charge in [0.15, 0.2) is 14.7 Å². The van der Waals surface area contributed by atoms with Gasteiger partial charge >= 0.3 is 0 Å². The van der Waals surface area contributed by atoms with Crippen LogP contribution < -0.4 is 0 Å². The van der Waals surface area contributed by atoms with Crippen LogP contribution in [0, 0.1) is 5.92 Å². The summed E-state index contributed by atoms with van der Waals surface area (Å²) < 4.78 is 34.8. The van der Waals surface area contributed by atoms with Crippen LogP contribution in [0.5, 0.6) is 0 Å². The Bertz CT molecular complexity index is 715. The van der Waals surface area contributed by atoms with Crippen molar-refractivity contribution in [3.63, 3.8) is 0 Å². The summed E-state index contributed by atoms with van der Waals surface area (Å²) in [5, 5.41) is 0. The molecule has 0 saturated carbocycles. The summed E-state index contributed by atoms with van der Waals surface area (Å²) in [5.74, 6) is 0.482. The first-order valence-corrected chi connectivity index (χ1v) is 14.8. The zero-order chi connectivity index (χ0) is 21.5. The van der Waals surface area contributed by atoms with Crippen LogP contribution in [-0.4, -0.2) is 45.2 Å². The third kappa shape index (κ3) is 10.7. The van der Waals surface area contributed by atoms with Crippen LogP contribution >= 0.6 is 14.7 Å². The molecule has 0 aliphatic carbocycles. The van der Waals surface area contributed by atoms with Gasteiger partial charge in [0.1, 0.15) is 5.78 Å². The highest BCUT2D eigenvalue weighted by Crippen LogP contribution is 2.42. The average Bonchev–Trinajstić information content (AvgIpc) is 2.54. The fourth-order valence-electron chi connectivity index (χ4n) is 2.91. The molecule has 160 valence electrons. The maximum absolute atomic E-state index is 12.7. The zero-order valence-corrected chi connectivity index (χ0v) is 20.1. The molecule has 0 heterocycles. The number of hydrogen-bond acceptors (Lipinski definition) is 5. The number of Topliss-reactive ketones (excluding diaryl/α,β-unsaturated/α-hetero) is 1. The molecular formula is C21H36O5P2. The van der Waals surface area contributed by atoms with Crippen LogP contribution in [0.3, 0.4) is 0 Å². The van der Waals surface area contributed by atoms with Gasteiger partial charge in [-0.15, -0.1) is 0 Å². The quantitative estimate of drug-likeness (QED) is 0.391. The number of benzene rings is 1. The second-order valence-corrected chi connectivity index (χ2v) is 14.1. The minimum atomic E-state index is -2.74. The van der Waals surface area contributed by atoms with Gasteiger partial charge in [0, 0.05) is 39.0 Å². The second-order valence-electron chi connectivity index (χ2n) is 8.59. The molecule has 0 saturated heterocycles. The molecule has 0 spiro atoms. The van der Waals surface area contributed by atoms with Gasteiger partial charge in [-0.25, -0.2) is 0 Å². The van der Waals surface area contributed by atoms with Crippen molar-refractivity contribution in [2.45, 2.75) is 52.1 Å². The molecule has 0 amide bonds. The number of carbonyl (C=O) groups excluding carboxylic acids is 1. The number of rotatable bonds is 12. The average molecular weight is 430 g/mol. The van der Waals surface area contributed by atoms with Crippen molar-refractivity contribution >= 4 is 20.5 Å². The summed E-state index contributed by atoms with van der Waals surface area (Å²) in [7, 11) is -5.41. The number of carbonyl (C=O) groups is 1. The van der Waals surface area contributed by atoms with E-state index in [-0.39, 0.29) is 18.3 Å². The predicted molar refractivity (Wildman–Crippen MR) is 117 cm³/mol. The van der Waals surface area contributed by atoms with E-state index in [9.17, 15) is 13.9 Å². The molecule has 0 N–H and O–H groups in total. The number of ketones is 1. The summed E-state index contributed by atoms with van der Waals surface area (Å²) in [6.07, 6.45) is 1.19. The van der Waals surface area contributed by atoms with Crippen LogP contribution in [0.2, 0.25) is 0 Å². The fraction of sp³-hybridized carbons (Fsp3) is 0.667. The molecule has 5 nitrogen and oxygen atoms in total. The summed E-state index contributed by atoms with van der Waals surface area (Å²) in [5.41, 5.74) is 2.27. The molecule has 0 aliphatic heterocycles. The van der Waals surface area contributed by atoms with E-state index in [1.54, 1.807) is 0 Å². The van der Waals surface area contributed by atoms with Gasteiger partial charge in [-0.1, -0.05) is 45.0 Å². The first-order valence-electron chi connectivity index (χ1n) is 9.81. The van der Waals surface area contributed by atoms with E-state index < -0.39 is 20.8 Å². The van der Waals surface area contributed by atoms with Crippen molar-refractivity contribution in [2.75, 3.05) is 33.3 Å². The Morgan fingerprint density at radius 1 is 0.964 bits per heavy atom. The van der Waals surface area contributed by atoms with Crippen molar-refractivity contribution in [2.24, 2.45) is 5.92 Å². The Labute approximate surface area is 170 Å². The molecule has 1 rings (SSSR count). The normalized spacial score (nSPS) is 14.9. The molecule has 0 aliphatic rings. The zero-order valence-electron chi connectivity index (χ0n) is 18.3. The van der Waals surface area contributed by atoms with Gasteiger partial charge in [-0.05, 0) is 29.9 Å². The molecule has 1 aromatic carbocycles. The van der Waals surface area contributed by atoms with E-state index in [4.69, 9.17) is 9.05 Å². The van der Waals surface area contributed by atoms with Gasteiger partial charge in [0.25, 0.3) is 0 Å². The van der Waals surface area contributed by atoms with Gasteiger partial charge in [0.2, 0.25) is 0 Å². The number of hydrogen-bond donors (Lipinski definition) is 0. The van der Waals surface area contributed by atoms with Crippen LogP contribution in [0.1, 0.15) is 50.7 Å². The topological polar surface area (TPSA) is 69.7 Å². The maximum Gasteiger partial charge on any atom is 0.197 e. The highest BCUT2D eigenvalue weighted by Gasteiger charge is 2.23. The van der Waals surface area contributed by atoms with E-state index >= 15 is 0 Å². The van der Waals surface area contributed by atoms with E-state index in [0.29, 0.717) is 18.8 Å². The Morgan fingerprint density at radius 3 is 2.00 bits per heavy atom. The summed E-state index contributed by atoms with van der Waals surface area (Å²) >= 11 is 0. The van der Waals surface area contributed by atoms with Crippen molar-refractivity contribution in [1.29, 1.82) is 0 Å². The third-order valence-electron chi connectivity index (χ3n) is 4.29. The SMILES string of the molecule is CC(C)Cc1ccc(C(C)C(=O)CCC(COP(C)(C)=O)OP(C)(C)=O)cc1. The van der Waals surface area contributed by atoms with Crippen molar-refractivity contribution < 1.29 is 23.0 Å². The molecule has 0 bridgehead atoms. The first kappa shape index (κ1) is 25.3. The third-order valence-corrected chi connectivity index (χ3v) is 5.87. The van der Waals surface area contributed by atoms with Crippen molar-refractivity contribution in [3.05, 3.63) is 35.4 Å². The van der Waals surface area contributed by atoms with Crippen LogP contribution in [-0.2, 0) is 29.4 Å². The predicted octanol–water partition coefficient (Wildman–Crippen LogP) is 5.82. The second kappa shape index (κ2) is 10.9. The minimum absolute atomic E-state index is 0.0709. The Balaban J connectivity index is 2.68. The lowest BCUT2D eigenvalue weighted by molar-refractivity contribution is -0.120. The van der Waals surface area contributed by atoms with Crippen molar-refractivity contribution in [1.82, 2.24) is 0 Å². The summed E-state index contributed by atoms with van der Waals surface area (Å²) in [6, 6.07) is 8.22. The minimum Gasteiger partial charge on any atom is -0.326 e. The molecule has 28 heavy (non-hydrogen) atoms. The van der Waals surface area contributed by atoms with Crippen LogP contribution in [0.4, 0.5) is 0 Å². The van der Waals surface area contributed by atoms with E-state index in [1.165, 1.54) is 32.2 Å². The van der Waals surface area contributed by atoms with Gasteiger partial charge < -0.3 is 9.05 Å².